The van der Waals surface area contributed by atoms with E-state index >= 15 is 0 Å². The summed E-state index contributed by atoms with van der Waals surface area (Å²) >= 11 is 0. The molecule has 1 aromatic rings. The molecule has 2 amide bonds. The van der Waals surface area contributed by atoms with Crippen molar-refractivity contribution in [2.75, 3.05) is 19.7 Å². The molecule has 1 saturated carbocycles. The van der Waals surface area contributed by atoms with Gasteiger partial charge in [0.25, 0.3) is 11.6 Å². The second-order valence-electron chi connectivity index (χ2n) is 7.85. The molecule has 0 radical (unpaired) electrons. The Labute approximate surface area is 163 Å². The smallest absolute Gasteiger partial charge is 0.270 e. The van der Waals surface area contributed by atoms with Crippen LogP contribution in [0.2, 0.25) is 0 Å². The molecule has 0 aromatic heterocycles. The van der Waals surface area contributed by atoms with Crippen LogP contribution in [0, 0.1) is 10.1 Å². The minimum atomic E-state index is -0.778. The Morgan fingerprint density at radius 1 is 1.11 bits per heavy atom. The zero-order valence-corrected chi connectivity index (χ0v) is 15.8. The van der Waals surface area contributed by atoms with E-state index in [1.807, 2.05) is 4.90 Å². The Morgan fingerprint density at radius 3 is 2.50 bits per heavy atom. The molecule has 0 bridgehead atoms. The Bertz CT molecular complexity index is 784. The number of ether oxygens (including phenoxy) is 1. The molecule has 1 aliphatic carbocycles. The summed E-state index contributed by atoms with van der Waals surface area (Å²) < 4.78 is 6.13. The molecule has 2 heterocycles. The van der Waals surface area contributed by atoms with Crippen molar-refractivity contribution in [3.05, 3.63) is 39.9 Å². The lowest BCUT2D eigenvalue weighted by Crippen LogP contribution is -2.56. The standard InChI is InChI=1S/C20H25N3O5/c24-18(15-7-6-8-16(13-15)23(26)27)22-17(19(25)21-11-4-5-12-21)14-28-20(22)9-2-1-3-10-20/h6-8,13,17H,1-5,9-12,14H2/t17-/m0/s1. The van der Waals surface area contributed by atoms with Crippen LogP contribution in [0.3, 0.4) is 0 Å². The number of amides is 2. The maximum absolute atomic E-state index is 13.5. The number of non-ortho nitro benzene ring substituents is 1. The van der Waals surface area contributed by atoms with Gasteiger partial charge in [0.2, 0.25) is 5.91 Å². The van der Waals surface area contributed by atoms with Crippen LogP contribution in [0.4, 0.5) is 5.69 Å². The molecule has 3 aliphatic rings. The van der Waals surface area contributed by atoms with Crippen molar-refractivity contribution < 1.29 is 19.2 Å². The lowest BCUT2D eigenvalue weighted by atomic mass is 9.89. The zero-order chi connectivity index (χ0) is 19.7. The van der Waals surface area contributed by atoms with Gasteiger partial charge in [0, 0.05) is 30.8 Å². The maximum Gasteiger partial charge on any atom is 0.270 e. The van der Waals surface area contributed by atoms with Crippen molar-refractivity contribution in [3.63, 3.8) is 0 Å². The zero-order valence-electron chi connectivity index (χ0n) is 15.8. The van der Waals surface area contributed by atoms with E-state index in [1.54, 1.807) is 11.0 Å². The Morgan fingerprint density at radius 2 is 1.82 bits per heavy atom. The summed E-state index contributed by atoms with van der Waals surface area (Å²) in [6, 6.07) is 5.06. The summed E-state index contributed by atoms with van der Waals surface area (Å²) in [5, 5.41) is 11.1. The summed E-state index contributed by atoms with van der Waals surface area (Å²) in [5.41, 5.74) is -0.685. The number of nitro benzene ring substituents is 1. The van der Waals surface area contributed by atoms with Crippen molar-refractivity contribution in [2.45, 2.75) is 56.7 Å². The first-order chi connectivity index (χ1) is 13.5. The second-order valence-corrected chi connectivity index (χ2v) is 7.85. The van der Waals surface area contributed by atoms with E-state index in [4.69, 9.17) is 4.74 Å². The van der Waals surface area contributed by atoms with E-state index in [0.717, 1.165) is 32.1 Å². The summed E-state index contributed by atoms with van der Waals surface area (Å²) in [6.07, 6.45) is 6.28. The van der Waals surface area contributed by atoms with Crippen LogP contribution >= 0.6 is 0 Å². The summed E-state index contributed by atoms with van der Waals surface area (Å²) in [4.78, 5) is 40.6. The largest absolute Gasteiger partial charge is 0.353 e. The normalized spacial score (nSPS) is 23.9. The van der Waals surface area contributed by atoms with Crippen molar-refractivity contribution in [2.24, 2.45) is 0 Å². The molecule has 0 unspecified atom stereocenters. The Hall–Kier alpha value is -2.48. The quantitative estimate of drug-likeness (QED) is 0.587. The molecule has 28 heavy (non-hydrogen) atoms. The van der Waals surface area contributed by atoms with Gasteiger partial charge in [-0.2, -0.15) is 0 Å². The summed E-state index contributed by atoms with van der Waals surface area (Å²) in [5.74, 6) is -0.431. The third-order valence-electron chi connectivity index (χ3n) is 6.12. The van der Waals surface area contributed by atoms with Crippen molar-refractivity contribution in [1.82, 2.24) is 9.80 Å². The predicted octanol–water partition coefficient (Wildman–Crippen LogP) is 2.72. The number of nitrogens with zero attached hydrogens (tertiary/aromatic N) is 3. The van der Waals surface area contributed by atoms with E-state index in [-0.39, 0.29) is 29.7 Å². The number of carbonyl (C=O) groups is 2. The molecule has 0 N–H and O–H groups in total. The van der Waals surface area contributed by atoms with E-state index in [1.165, 1.54) is 18.2 Å². The third-order valence-corrected chi connectivity index (χ3v) is 6.12. The van der Waals surface area contributed by atoms with Gasteiger partial charge in [-0.15, -0.1) is 0 Å². The number of hydrogen-bond donors (Lipinski definition) is 0. The first-order valence-electron chi connectivity index (χ1n) is 10.0. The van der Waals surface area contributed by atoms with Crippen LogP contribution in [0.15, 0.2) is 24.3 Å². The Kier molecular flexibility index (Phi) is 5.05. The number of benzene rings is 1. The topological polar surface area (TPSA) is 93.0 Å². The van der Waals surface area contributed by atoms with Gasteiger partial charge in [-0.1, -0.05) is 12.5 Å². The second kappa shape index (κ2) is 7.50. The SMILES string of the molecule is O=C([C@@H]1COC2(CCCCC2)N1C(=O)c1cccc([N+](=O)[O-])c1)N1CCCC1. The summed E-state index contributed by atoms with van der Waals surface area (Å²) in [6.45, 7) is 1.61. The van der Waals surface area contributed by atoms with Gasteiger partial charge in [0.1, 0.15) is 11.8 Å². The van der Waals surface area contributed by atoms with Gasteiger partial charge in [-0.05, 0) is 44.6 Å². The van der Waals surface area contributed by atoms with Gasteiger partial charge in [0.15, 0.2) is 0 Å². The fourth-order valence-electron chi connectivity index (χ4n) is 4.70. The van der Waals surface area contributed by atoms with Crippen molar-refractivity contribution in [3.8, 4) is 0 Å². The lowest BCUT2D eigenvalue weighted by molar-refractivity contribution is -0.384. The van der Waals surface area contributed by atoms with E-state index in [0.29, 0.717) is 25.9 Å². The highest BCUT2D eigenvalue weighted by molar-refractivity contribution is 5.99. The number of rotatable bonds is 3. The first-order valence-corrected chi connectivity index (χ1v) is 10.0. The average Bonchev–Trinajstić information content (AvgIpc) is 3.36. The average molecular weight is 387 g/mol. The van der Waals surface area contributed by atoms with E-state index < -0.39 is 16.7 Å². The van der Waals surface area contributed by atoms with Crippen LogP contribution < -0.4 is 0 Å². The van der Waals surface area contributed by atoms with E-state index in [2.05, 4.69) is 0 Å². The molecule has 8 nitrogen and oxygen atoms in total. The van der Waals surface area contributed by atoms with Crippen LogP contribution in [0.5, 0.6) is 0 Å². The highest BCUT2D eigenvalue weighted by Crippen LogP contribution is 2.42. The fraction of sp³-hybridized carbons (Fsp3) is 0.600. The Balaban J connectivity index is 1.68. The third kappa shape index (κ3) is 3.26. The number of likely N-dealkylation sites (tertiary alicyclic amines) is 1. The summed E-state index contributed by atoms with van der Waals surface area (Å²) in [7, 11) is 0. The van der Waals surface area contributed by atoms with Crippen molar-refractivity contribution >= 4 is 17.5 Å². The maximum atomic E-state index is 13.5. The molecule has 150 valence electrons. The van der Waals surface area contributed by atoms with Crippen LogP contribution in [0.25, 0.3) is 0 Å². The fourth-order valence-corrected chi connectivity index (χ4v) is 4.70. The van der Waals surface area contributed by atoms with Crippen LogP contribution in [-0.4, -0.2) is 58.0 Å². The van der Waals surface area contributed by atoms with Gasteiger partial charge in [-0.3, -0.25) is 24.6 Å². The predicted molar refractivity (Wildman–Crippen MR) is 101 cm³/mol. The molecule has 8 heteroatoms. The van der Waals surface area contributed by atoms with Gasteiger partial charge in [0.05, 0.1) is 11.5 Å². The lowest BCUT2D eigenvalue weighted by Gasteiger charge is -2.42. The molecule has 1 aromatic carbocycles. The number of nitro groups is 1. The minimum Gasteiger partial charge on any atom is -0.353 e. The van der Waals surface area contributed by atoms with Crippen LogP contribution in [0.1, 0.15) is 55.3 Å². The minimum absolute atomic E-state index is 0.0706. The van der Waals surface area contributed by atoms with Gasteiger partial charge in [-0.25, -0.2) is 0 Å². The van der Waals surface area contributed by atoms with Crippen LogP contribution in [-0.2, 0) is 9.53 Å². The molecule has 2 aliphatic heterocycles. The molecular weight excluding hydrogens is 362 g/mol. The van der Waals surface area contributed by atoms with Crippen molar-refractivity contribution in [1.29, 1.82) is 0 Å². The van der Waals surface area contributed by atoms with Gasteiger partial charge >= 0.3 is 0 Å². The highest BCUT2D eigenvalue weighted by Gasteiger charge is 2.53. The molecule has 2 saturated heterocycles. The molecule has 1 atom stereocenters. The molecule has 3 fully saturated rings. The first kappa shape index (κ1) is 18.9. The number of carbonyl (C=O) groups excluding carboxylic acids is 2. The highest BCUT2D eigenvalue weighted by atomic mass is 16.6. The number of hydrogen-bond acceptors (Lipinski definition) is 5. The van der Waals surface area contributed by atoms with Gasteiger partial charge < -0.3 is 9.64 Å². The molecule has 4 rings (SSSR count). The van der Waals surface area contributed by atoms with E-state index in [9.17, 15) is 19.7 Å². The molecule has 1 spiro atoms. The molecular formula is C20H25N3O5. The monoisotopic (exact) mass is 387 g/mol.